The van der Waals surface area contributed by atoms with Crippen LogP contribution in [0.5, 0.6) is 0 Å². The van der Waals surface area contributed by atoms with Crippen LogP contribution in [0.4, 0.5) is 0 Å². The van der Waals surface area contributed by atoms with E-state index in [0.29, 0.717) is 23.9 Å². The van der Waals surface area contributed by atoms with Gasteiger partial charge in [0.2, 0.25) is 5.91 Å². The molecule has 0 spiro atoms. The van der Waals surface area contributed by atoms with Gasteiger partial charge in [0.1, 0.15) is 0 Å². The van der Waals surface area contributed by atoms with Crippen molar-refractivity contribution < 1.29 is 9.59 Å². The lowest BCUT2D eigenvalue weighted by Gasteiger charge is -2.31. The summed E-state index contributed by atoms with van der Waals surface area (Å²) in [7, 11) is 1.79. The maximum Gasteiger partial charge on any atom is 0.254 e. The second kappa shape index (κ2) is 7.20. The number of carbonyl (C=O) groups excluding carboxylic acids is 2. The van der Waals surface area contributed by atoms with Crippen molar-refractivity contribution >= 4 is 11.8 Å². The van der Waals surface area contributed by atoms with Crippen molar-refractivity contribution in [2.75, 3.05) is 19.6 Å². The Bertz CT molecular complexity index is 637. The summed E-state index contributed by atoms with van der Waals surface area (Å²) in [4.78, 5) is 26.2. The summed E-state index contributed by atoms with van der Waals surface area (Å²) >= 11 is 0. The molecule has 130 valence electrons. The SMILES string of the molecule is C/C(=C/C(=O)N1CCC(CNC(=O)c2cnn(C)c2)CC1)C1CC1. The standard InChI is InChI=1S/C18H26N4O2/c1-13(15-3-4-15)9-17(23)22-7-5-14(6-8-22)10-19-18(24)16-11-20-21(2)12-16/h9,11-12,14-15H,3-8,10H2,1-2H3,(H,19,24)/b13-9-. The minimum absolute atomic E-state index is 0.0791. The summed E-state index contributed by atoms with van der Waals surface area (Å²) in [5, 5.41) is 6.98. The number of aryl methyl sites for hydroxylation is 1. The first kappa shape index (κ1) is 16.7. The van der Waals surface area contributed by atoms with E-state index in [0.717, 1.165) is 25.9 Å². The number of rotatable bonds is 5. The molecule has 1 aliphatic heterocycles. The molecule has 1 N–H and O–H groups in total. The lowest BCUT2D eigenvalue weighted by Crippen LogP contribution is -2.41. The molecule has 24 heavy (non-hydrogen) atoms. The Balaban J connectivity index is 1.41. The van der Waals surface area contributed by atoms with Crippen LogP contribution in [0.15, 0.2) is 24.0 Å². The van der Waals surface area contributed by atoms with Crippen LogP contribution >= 0.6 is 0 Å². The average molecular weight is 330 g/mol. The van der Waals surface area contributed by atoms with Crippen LogP contribution in [-0.4, -0.2) is 46.1 Å². The van der Waals surface area contributed by atoms with Crippen molar-refractivity contribution in [2.45, 2.75) is 32.6 Å². The van der Waals surface area contributed by atoms with Crippen LogP contribution in [0.2, 0.25) is 0 Å². The molecule has 6 nitrogen and oxygen atoms in total. The molecule has 1 saturated heterocycles. The number of carbonyl (C=O) groups is 2. The van der Waals surface area contributed by atoms with Gasteiger partial charge in [0.05, 0.1) is 11.8 Å². The van der Waals surface area contributed by atoms with Crippen molar-refractivity contribution in [3.8, 4) is 0 Å². The molecular formula is C18H26N4O2. The molecule has 2 fully saturated rings. The highest BCUT2D eigenvalue weighted by Gasteiger charge is 2.26. The molecule has 0 atom stereocenters. The van der Waals surface area contributed by atoms with Gasteiger partial charge in [-0.05, 0) is 44.4 Å². The third-order valence-corrected chi connectivity index (χ3v) is 5.02. The van der Waals surface area contributed by atoms with Crippen LogP contribution in [0, 0.1) is 11.8 Å². The number of hydrogen-bond acceptors (Lipinski definition) is 3. The molecule has 0 unspecified atom stereocenters. The van der Waals surface area contributed by atoms with Crippen molar-refractivity contribution in [3.63, 3.8) is 0 Å². The van der Waals surface area contributed by atoms with Gasteiger partial charge in [-0.1, -0.05) is 5.57 Å². The minimum Gasteiger partial charge on any atom is -0.352 e. The van der Waals surface area contributed by atoms with E-state index in [4.69, 9.17) is 0 Å². The van der Waals surface area contributed by atoms with Crippen molar-refractivity contribution in [1.29, 1.82) is 0 Å². The normalized spacial score (nSPS) is 19.4. The molecule has 1 aliphatic carbocycles. The first-order chi connectivity index (χ1) is 11.5. The summed E-state index contributed by atoms with van der Waals surface area (Å²) < 4.78 is 1.62. The number of aromatic nitrogens is 2. The number of likely N-dealkylation sites (tertiary alicyclic amines) is 1. The Labute approximate surface area is 142 Å². The van der Waals surface area contributed by atoms with E-state index in [9.17, 15) is 9.59 Å². The number of hydrogen-bond donors (Lipinski definition) is 1. The molecule has 6 heteroatoms. The van der Waals surface area contributed by atoms with Gasteiger partial charge in [-0.15, -0.1) is 0 Å². The van der Waals surface area contributed by atoms with Crippen LogP contribution in [0.3, 0.4) is 0 Å². The van der Waals surface area contributed by atoms with Gasteiger partial charge in [-0.3, -0.25) is 14.3 Å². The molecule has 2 aliphatic rings. The fourth-order valence-electron chi connectivity index (χ4n) is 3.18. The molecule has 3 rings (SSSR count). The quantitative estimate of drug-likeness (QED) is 0.836. The average Bonchev–Trinajstić information content (AvgIpc) is 3.34. The molecule has 0 bridgehead atoms. The van der Waals surface area contributed by atoms with Gasteiger partial charge < -0.3 is 10.2 Å². The van der Waals surface area contributed by atoms with Crippen LogP contribution in [0.1, 0.15) is 43.0 Å². The predicted octanol–water partition coefficient (Wildman–Crippen LogP) is 1.74. The summed E-state index contributed by atoms with van der Waals surface area (Å²) in [6.07, 6.45) is 9.45. The number of amides is 2. The van der Waals surface area contributed by atoms with Gasteiger partial charge in [-0.2, -0.15) is 5.10 Å². The molecule has 2 heterocycles. The highest BCUT2D eigenvalue weighted by Crippen LogP contribution is 2.36. The van der Waals surface area contributed by atoms with E-state index in [2.05, 4.69) is 17.3 Å². The van der Waals surface area contributed by atoms with Gasteiger partial charge in [-0.25, -0.2) is 0 Å². The van der Waals surface area contributed by atoms with Gasteiger partial charge in [0, 0.05) is 39.0 Å². The zero-order chi connectivity index (χ0) is 17.1. The van der Waals surface area contributed by atoms with Crippen LogP contribution in [0.25, 0.3) is 0 Å². The highest BCUT2D eigenvalue weighted by atomic mass is 16.2. The number of piperidine rings is 1. The fraction of sp³-hybridized carbons (Fsp3) is 0.611. The monoisotopic (exact) mass is 330 g/mol. The Hall–Kier alpha value is -2.11. The van der Waals surface area contributed by atoms with E-state index in [1.165, 1.54) is 18.4 Å². The van der Waals surface area contributed by atoms with Gasteiger partial charge in [0.15, 0.2) is 0 Å². The first-order valence-electron chi connectivity index (χ1n) is 8.77. The van der Waals surface area contributed by atoms with E-state index in [1.54, 1.807) is 24.1 Å². The lowest BCUT2D eigenvalue weighted by molar-refractivity contribution is -0.127. The van der Waals surface area contributed by atoms with E-state index >= 15 is 0 Å². The molecular weight excluding hydrogens is 304 g/mol. The second-order valence-corrected chi connectivity index (χ2v) is 7.04. The first-order valence-corrected chi connectivity index (χ1v) is 8.77. The van der Waals surface area contributed by atoms with E-state index in [-0.39, 0.29) is 11.8 Å². The zero-order valence-corrected chi connectivity index (χ0v) is 14.5. The molecule has 1 saturated carbocycles. The van der Waals surface area contributed by atoms with Crippen molar-refractivity contribution in [2.24, 2.45) is 18.9 Å². The Morgan fingerprint density at radius 1 is 1.29 bits per heavy atom. The van der Waals surface area contributed by atoms with Crippen molar-refractivity contribution in [3.05, 3.63) is 29.6 Å². The lowest BCUT2D eigenvalue weighted by atomic mass is 9.96. The molecule has 1 aromatic heterocycles. The number of nitrogens with one attached hydrogen (secondary N) is 1. The van der Waals surface area contributed by atoms with E-state index < -0.39 is 0 Å². The minimum atomic E-state index is -0.0791. The Morgan fingerprint density at radius 3 is 2.58 bits per heavy atom. The smallest absolute Gasteiger partial charge is 0.254 e. The van der Waals surface area contributed by atoms with Crippen LogP contribution < -0.4 is 5.32 Å². The molecule has 1 aromatic rings. The largest absolute Gasteiger partial charge is 0.352 e. The highest BCUT2D eigenvalue weighted by molar-refractivity contribution is 5.93. The van der Waals surface area contributed by atoms with E-state index in [1.807, 2.05) is 11.0 Å². The number of allylic oxidation sites excluding steroid dienone is 1. The molecule has 2 amide bonds. The van der Waals surface area contributed by atoms with Gasteiger partial charge in [0.25, 0.3) is 5.91 Å². The molecule has 0 radical (unpaired) electrons. The Kier molecular flexibility index (Phi) is 5.02. The van der Waals surface area contributed by atoms with Crippen molar-refractivity contribution in [1.82, 2.24) is 20.0 Å². The topological polar surface area (TPSA) is 67.2 Å². The molecule has 0 aromatic carbocycles. The Morgan fingerprint density at radius 2 is 2.00 bits per heavy atom. The predicted molar refractivity (Wildman–Crippen MR) is 91.3 cm³/mol. The second-order valence-electron chi connectivity index (χ2n) is 7.04. The zero-order valence-electron chi connectivity index (χ0n) is 14.5. The maximum absolute atomic E-state index is 12.3. The maximum atomic E-state index is 12.3. The summed E-state index contributed by atoms with van der Waals surface area (Å²) in [5.74, 6) is 1.15. The number of nitrogens with zero attached hydrogens (tertiary/aromatic N) is 3. The van der Waals surface area contributed by atoms with Gasteiger partial charge >= 0.3 is 0 Å². The summed E-state index contributed by atoms with van der Waals surface area (Å²) in [6, 6.07) is 0. The summed E-state index contributed by atoms with van der Waals surface area (Å²) in [6.45, 7) is 4.28. The fourth-order valence-corrected chi connectivity index (χ4v) is 3.18. The third kappa shape index (κ3) is 4.24. The third-order valence-electron chi connectivity index (χ3n) is 5.02. The summed E-state index contributed by atoms with van der Waals surface area (Å²) in [5.41, 5.74) is 1.82. The van der Waals surface area contributed by atoms with Crippen LogP contribution in [-0.2, 0) is 11.8 Å².